The monoisotopic (exact) mass is 313 g/mol. The zero-order valence-corrected chi connectivity index (χ0v) is 12.2. The van der Waals surface area contributed by atoms with Crippen LogP contribution in [-0.4, -0.2) is 24.6 Å². The second-order valence-corrected chi connectivity index (χ2v) is 5.34. The molecule has 6 heteroatoms. The molecule has 0 aromatic heterocycles. The van der Waals surface area contributed by atoms with Crippen molar-refractivity contribution in [2.75, 3.05) is 11.9 Å². The highest BCUT2D eigenvalue weighted by molar-refractivity contribution is 6.30. The second kappa shape index (κ2) is 6.07. The maximum absolute atomic E-state index is 11.1. The van der Waals surface area contributed by atoms with Crippen molar-refractivity contribution < 1.29 is 4.79 Å². The molecule has 22 heavy (non-hydrogen) atoms. The normalized spacial score (nSPS) is 16.8. The number of carbonyl (C=O) groups excluding carboxylic acids is 1. The molecule has 0 radical (unpaired) electrons. The van der Waals surface area contributed by atoms with Crippen LogP contribution in [0.3, 0.4) is 0 Å². The van der Waals surface area contributed by atoms with Gasteiger partial charge in [0.1, 0.15) is 18.0 Å². The van der Waals surface area contributed by atoms with Crippen LogP contribution in [0.25, 0.3) is 0 Å². The van der Waals surface area contributed by atoms with Crippen molar-refractivity contribution in [3.63, 3.8) is 0 Å². The van der Waals surface area contributed by atoms with E-state index in [2.05, 4.69) is 15.5 Å². The van der Waals surface area contributed by atoms with Gasteiger partial charge in [0.15, 0.2) is 0 Å². The van der Waals surface area contributed by atoms with Gasteiger partial charge in [-0.25, -0.2) is 0 Å². The fourth-order valence-electron chi connectivity index (χ4n) is 2.36. The van der Waals surface area contributed by atoms with Gasteiger partial charge in [0.2, 0.25) is 0 Å². The number of benzene rings is 2. The molecule has 1 unspecified atom stereocenters. The standard InChI is InChI=1S/C16H12ClN3O2/c17-11-3-1-10(2-4-11)16-14-7-12(20-22)5-6-15(14)19-13(9-21)8-18-16/h1-7,9,13,19H,8H2. The van der Waals surface area contributed by atoms with Crippen LogP contribution in [0.15, 0.2) is 52.6 Å². The van der Waals surface area contributed by atoms with Crippen LogP contribution in [-0.2, 0) is 4.79 Å². The molecule has 0 amide bonds. The van der Waals surface area contributed by atoms with Crippen LogP contribution < -0.4 is 5.32 Å². The first kappa shape index (κ1) is 14.4. The number of fused-ring (bicyclic) bond motifs is 1. The van der Waals surface area contributed by atoms with E-state index in [1.807, 2.05) is 12.1 Å². The Morgan fingerprint density at radius 3 is 2.68 bits per heavy atom. The first-order valence-electron chi connectivity index (χ1n) is 6.71. The van der Waals surface area contributed by atoms with Crippen molar-refractivity contribution in [2.24, 2.45) is 10.2 Å². The first-order valence-corrected chi connectivity index (χ1v) is 7.09. The van der Waals surface area contributed by atoms with Crippen molar-refractivity contribution in [3.8, 4) is 0 Å². The Hall–Kier alpha value is -2.53. The minimum Gasteiger partial charge on any atom is -0.373 e. The summed E-state index contributed by atoms with van der Waals surface area (Å²) in [7, 11) is 0. The number of aliphatic imine (C=N–C) groups is 1. The van der Waals surface area contributed by atoms with Crippen LogP contribution in [0.2, 0.25) is 5.02 Å². The largest absolute Gasteiger partial charge is 0.373 e. The number of hydrogen-bond acceptors (Lipinski definition) is 5. The van der Waals surface area contributed by atoms with Gasteiger partial charge >= 0.3 is 0 Å². The van der Waals surface area contributed by atoms with E-state index in [-0.39, 0.29) is 0 Å². The van der Waals surface area contributed by atoms with Gasteiger partial charge < -0.3 is 10.1 Å². The Labute approximate surface area is 132 Å². The lowest BCUT2D eigenvalue weighted by atomic mass is 10.00. The van der Waals surface area contributed by atoms with Crippen LogP contribution in [0.5, 0.6) is 0 Å². The summed E-state index contributed by atoms with van der Waals surface area (Å²) < 4.78 is 0. The second-order valence-electron chi connectivity index (χ2n) is 4.90. The molecule has 1 aliphatic rings. The fourth-order valence-corrected chi connectivity index (χ4v) is 2.49. The number of hydrogen-bond donors (Lipinski definition) is 1. The number of benzodiazepines with no additional fused rings is 1. The van der Waals surface area contributed by atoms with Gasteiger partial charge in [-0.3, -0.25) is 4.99 Å². The Bertz CT molecular complexity index is 756. The van der Waals surface area contributed by atoms with Gasteiger partial charge in [-0.1, -0.05) is 23.7 Å². The molecule has 0 fully saturated rings. The summed E-state index contributed by atoms with van der Waals surface area (Å²) in [5.74, 6) is 0. The molecule has 2 aromatic rings. The van der Waals surface area contributed by atoms with Gasteiger partial charge in [-0.2, -0.15) is 0 Å². The van der Waals surface area contributed by atoms with Gasteiger partial charge in [0.25, 0.3) is 0 Å². The van der Waals surface area contributed by atoms with E-state index in [4.69, 9.17) is 11.6 Å². The summed E-state index contributed by atoms with van der Waals surface area (Å²) >= 11 is 5.92. The molecular weight excluding hydrogens is 302 g/mol. The molecule has 1 atom stereocenters. The van der Waals surface area contributed by atoms with E-state index in [0.29, 0.717) is 23.0 Å². The number of anilines is 1. The predicted molar refractivity (Wildman–Crippen MR) is 87.3 cm³/mol. The van der Waals surface area contributed by atoms with Crippen molar-refractivity contribution in [1.82, 2.24) is 0 Å². The minimum absolute atomic E-state index is 0.312. The van der Waals surface area contributed by atoms with Crippen LogP contribution in [0, 0.1) is 4.91 Å². The van der Waals surface area contributed by atoms with E-state index in [9.17, 15) is 9.70 Å². The number of rotatable bonds is 3. The molecule has 3 rings (SSSR count). The van der Waals surface area contributed by atoms with E-state index in [1.54, 1.807) is 30.3 Å². The molecule has 2 aromatic carbocycles. The summed E-state index contributed by atoms with van der Waals surface area (Å²) in [4.78, 5) is 26.4. The summed E-state index contributed by atoms with van der Waals surface area (Å²) in [6.07, 6.45) is 0.823. The highest BCUT2D eigenvalue weighted by atomic mass is 35.5. The van der Waals surface area contributed by atoms with Gasteiger partial charge in [0.05, 0.1) is 12.3 Å². The molecule has 0 saturated carbocycles. The molecule has 0 bridgehead atoms. The van der Waals surface area contributed by atoms with Crippen LogP contribution >= 0.6 is 11.6 Å². The highest BCUT2D eigenvalue weighted by Crippen LogP contribution is 2.28. The first-order chi connectivity index (χ1) is 10.7. The van der Waals surface area contributed by atoms with Crippen molar-refractivity contribution in [3.05, 3.63) is 63.5 Å². The third-order valence-corrected chi connectivity index (χ3v) is 3.68. The van der Waals surface area contributed by atoms with Crippen LogP contribution in [0.4, 0.5) is 11.4 Å². The zero-order valence-electron chi connectivity index (χ0n) is 11.5. The van der Waals surface area contributed by atoms with Crippen molar-refractivity contribution in [1.29, 1.82) is 0 Å². The maximum atomic E-state index is 11.1. The number of nitrogens with zero attached hydrogens (tertiary/aromatic N) is 2. The summed E-state index contributed by atoms with van der Waals surface area (Å²) in [5.41, 5.74) is 3.36. The SMILES string of the molecule is O=CC1CN=C(c2ccc(Cl)cc2)c2cc(N=O)ccc2N1. The highest BCUT2D eigenvalue weighted by Gasteiger charge is 2.19. The maximum Gasteiger partial charge on any atom is 0.144 e. The minimum atomic E-state index is -0.404. The molecule has 0 aliphatic carbocycles. The molecule has 5 nitrogen and oxygen atoms in total. The summed E-state index contributed by atoms with van der Waals surface area (Å²) in [5, 5.41) is 6.72. The number of aldehydes is 1. The molecule has 1 N–H and O–H groups in total. The Morgan fingerprint density at radius 2 is 2.00 bits per heavy atom. The molecule has 1 heterocycles. The fraction of sp³-hybridized carbons (Fsp3) is 0.125. The van der Waals surface area contributed by atoms with Crippen molar-refractivity contribution in [2.45, 2.75) is 6.04 Å². The summed E-state index contributed by atoms with van der Waals surface area (Å²) in [6, 6.07) is 11.9. The van der Waals surface area contributed by atoms with E-state index < -0.39 is 6.04 Å². The number of halogens is 1. The zero-order chi connectivity index (χ0) is 15.5. The Morgan fingerprint density at radius 1 is 1.23 bits per heavy atom. The Kier molecular flexibility index (Phi) is 3.98. The van der Waals surface area contributed by atoms with Gasteiger partial charge in [-0.15, -0.1) is 4.91 Å². The third kappa shape index (κ3) is 2.76. The number of nitroso groups, excluding NO2 is 1. The average Bonchev–Trinajstić information content (AvgIpc) is 2.74. The van der Waals surface area contributed by atoms with Crippen molar-refractivity contribution >= 4 is 35.0 Å². The molecule has 1 aliphatic heterocycles. The number of nitrogens with one attached hydrogen (secondary N) is 1. The molecule has 0 spiro atoms. The lowest BCUT2D eigenvalue weighted by Crippen LogP contribution is -2.23. The van der Waals surface area contributed by atoms with E-state index in [1.165, 1.54) is 0 Å². The van der Waals surface area contributed by atoms with E-state index >= 15 is 0 Å². The van der Waals surface area contributed by atoms with E-state index in [0.717, 1.165) is 23.1 Å². The molecule has 0 saturated heterocycles. The smallest absolute Gasteiger partial charge is 0.144 e. The average molecular weight is 314 g/mol. The lowest BCUT2D eigenvalue weighted by Gasteiger charge is -2.12. The van der Waals surface area contributed by atoms with Gasteiger partial charge in [-0.05, 0) is 35.5 Å². The number of carbonyl (C=O) groups is 1. The van der Waals surface area contributed by atoms with Gasteiger partial charge in [0, 0.05) is 21.8 Å². The quantitative estimate of drug-likeness (QED) is 0.695. The summed E-state index contributed by atoms with van der Waals surface area (Å²) in [6.45, 7) is 0.319. The molecular formula is C16H12ClN3O2. The molecule has 110 valence electrons. The predicted octanol–water partition coefficient (Wildman–Crippen LogP) is 3.57. The Balaban J connectivity index is 2.16. The topological polar surface area (TPSA) is 70.9 Å². The third-order valence-electron chi connectivity index (χ3n) is 3.43. The van der Waals surface area contributed by atoms with Crippen LogP contribution in [0.1, 0.15) is 11.1 Å². The lowest BCUT2D eigenvalue weighted by molar-refractivity contribution is -0.108.